The quantitative estimate of drug-likeness (QED) is 0.884. The van der Waals surface area contributed by atoms with Crippen molar-refractivity contribution in [3.8, 4) is 0 Å². The van der Waals surface area contributed by atoms with Crippen molar-refractivity contribution in [2.45, 2.75) is 38.2 Å². The van der Waals surface area contributed by atoms with Crippen LogP contribution in [0.15, 0.2) is 12.1 Å². The predicted octanol–water partition coefficient (Wildman–Crippen LogP) is 3.24. The third-order valence-corrected chi connectivity index (χ3v) is 4.73. The van der Waals surface area contributed by atoms with Crippen molar-refractivity contribution in [3.63, 3.8) is 0 Å². The summed E-state index contributed by atoms with van der Waals surface area (Å²) in [5.41, 5.74) is 0. The molecule has 1 aromatic rings. The van der Waals surface area contributed by atoms with Crippen molar-refractivity contribution in [2.24, 2.45) is 5.92 Å². The van der Waals surface area contributed by atoms with Crippen LogP contribution in [0.25, 0.3) is 0 Å². The molecule has 0 bridgehead atoms. The minimum Gasteiger partial charge on any atom is -0.392 e. The number of halogens is 1. The summed E-state index contributed by atoms with van der Waals surface area (Å²) >= 11 is 7.47. The van der Waals surface area contributed by atoms with Gasteiger partial charge in [-0.05, 0) is 44.2 Å². The molecule has 3 atom stereocenters. The van der Waals surface area contributed by atoms with Gasteiger partial charge in [-0.3, -0.25) is 4.79 Å². The van der Waals surface area contributed by atoms with Gasteiger partial charge in [-0.2, -0.15) is 0 Å². The number of Topliss-reactive ketones (excluding diaryl/α,β-unsaturated/α-hetero) is 1. The van der Waals surface area contributed by atoms with Crippen LogP contribution in [0.3, 0.4) is 0 Å². The molecule has 2 nitrogen and oxygen atoms in total. The van der Waals surface area contributed by atoms with Gasteiger partial charge in [0.25, 0.3) is 0 Å². The van der Waals surface area contributed by atoms with Gasteiger partial charge in [-0.25, -0.2) is 0 Å². The Morgan fingerprint density at radius 2 is 2.25 bits per heavy atom. The fourth-order valence-electron chi connectivity index (χ4n) is 2.43. The zero-order valence-corrected chi connectivity index (χ0v) is 10.7. The molecule has 0 saturated heterocycles. The molecule has 1 aliphatic carbocycles. The van der Waals surface area contributed by atoms with E-state index < -0.39 is 6.10 Å². The Hall–Kier alpha value is -0.380. The van der Waals surface area contributed by atoms with Crippen LogP contribution in [-0.4, -0.2) is 17.0 Å². The summed E-state index contributed by atoms with van der Waals surface area (Å²) in [6, 6.07) is 3.92. The van der Waals surface area contributed by atoms with Gasteiger partial charge in [0.2, 0.25) is 0 Å². The van der Waals surface area contributed by atoms with Crippen molar-refractivity contribution < 1.29 is 9.90 Å². The van der Waals surface area contributed by atoms with Crippen LogP contribution >= 0.6 is 22.9 Å². The fourth-order valence-corrected chi connectivity index (χ4v) is 3.64. The number of hydrogen-bond acceptors (Lipinski definition) is 3. The third-order valence-electron chi connectivity index (χ3n) is 3.34. The van der Waals surface area contributed by atoms with Gasteiger partial charge in [0.1, 0.15) is 5.78 Å². The van der Waals surface area contributed by atoms with E-state index >= 15 is 0 Å². The normalized spacial score (nSPS) is 30.3. The Bertz CT molecular complexity index is 388. The average Bonchev–Trinajstić information content (AvgIpc) is 2.64. The summed E-state index contributed by atoms with van der Waals surface area (Å²) in [6.45, 7) is 1.57. The number of thiophene rings is 1. The van der Waals surface area contributed by atoms with Crippen LogP contribution in [0.1, 0.15) is 37.0 Å². The third kappa shape index (κ3) is 2.47. The first-order valence-corrected chi connectivity index (χ1v) is 6.71. The molecule has 16 heavy (non-hydrogen) atoms. The van der Waals surface area contributed by atoms with Gasteiger partial charge in [0.15, 0.2) is 0 Å². The smallest absolute Gasteiger partial charge is 0.135 e. The first-order valence-electron chi connectivity index (χ1n) is 5.51. The molecule has 1 N–H and O–H groups in total. The second-order valence-corrected chi connectivity index (χ2v) is 6.18. The van der Waals surface area contributed by atoms with Gasteiger partial charge in [-0.1, -0.05) is 11.6 Å². The van der Waals surface area contributed by atoms with Crippen LogP contribution in [0, 0.1) is 5.92 Å². The maximum absolute atomic E-state index is 11.3. The highest BCUT2D eigenvalue weighted by Gasteiger charge is 2.32. The molecule has 88 valence electrons. The topological polar surface area (TPSA) is 37.3 Å². The molecule has 4 heteroatoms. The predicted molar refractivity (Wildman–Crippen MR) is 66.1 cm³/mol. The molecule has 0 amide bonds. The highest BCUT2D eigenvalue weighted by molar-refractivity contribution is 7.16. The van der Waals surface area contributed by atoms with Crippen molar-refractivity contribution in [3.05, 3.63) is 21.3 Å². The number of carbonyl (C=O) groups excluding carboxylic acids is 1. The maximum Gasteiger partial charge on any atom is 0.135 e. The number of aliphatic hydroxyl groups is 1. The van der Waals surface area contributed by atoms with Crippen LogP contribution in [0.2, 0.25) is 4.34 Å². The van der Waals surface area contributed by atoms with E-state index in [0.717, 1.165) is 17.2 Å². The molecule has 1 fully saturated rings. The Morgan fingerprint density at radius 3 is 2.75 bits per heavy atom. The molecule has 0 spiro atoms. The second-order valence-electron chi connectivity index (χ2n) is 4.44. The molecule has 1 saturated carbocycles. The molecule has 1 aliphatic rings. The van der Waals surface area contributed by atoms with Gasteiger partial charge in [0.05, 0.1) is 10.4 Å². The molecule has 1 heterocycles. The van der Waals surface area contributed by atoms with E-state index in [9.17, 15) is 9.90 Å². The lowest BCUT2D eigenvalue weighted by molar-refractivity contribution is -0.125. The van der Waals surface area contributed by atoms with Crippen molar-refractivity contribution in [2.75, 3.05) is 0 Å². The molecule has 3 unspecified atom stereocenters. The number of aliphatic hydroxyl groups excluding tert-OH is 1. The van der Waals surface area contributed by atoms with E-state index in [2.05, 4.69) is 0 Å². The number of rotatable bonds is 2. The molecule has 2 rings (SSSR count). The number of carbonyl (C=O) groups is 1. The Morgan fingerprint density at radius 1 is 1.50 bits per heavy atom. The van der Waals surface area contributed by atoms with Gasteiger partial charge >= 0.3 is 0 Å². The summed E-state index contributed by atoms with van der Waals surface area (Å²) in [5.74, 6) is 0.310. The lowest BCUT2D eigenvalue weighted by Crippen LogP contribution is -2.32. The first kappa shape index (κ1) is 12.1. The number of ketones is 1. The SMILES string of the molecule is CC(=O)C1CCC(c2ccc(Cl)s2)CC1O. The Labute approximate surface area is 104 Å². The van der Waals surface area contributed by atoms with Crippen LogP contribution < -0.4 is 0 Å². The van der Waals surface area contributed by atoms with Crippen LogP contribution in [-0.2, 0) is 4.79 Å². The highest BCUT2D eigenvalue weighted by atomic mass is 35.5. The number of hydrogen-bond donors (Lipinski definition) is 1. The fraction of sp³-hybridized carbons (Fsp3) is 0.583. The van der Waals surface area contributed by atoms with E-state index in [1.807, 2.05) is 12.1 Å². The summed E-state index contributed by atoms with van der Waals surface area (Å²) in [7, 11) is 0. The van der Waals surface area contributed by atoms with E-state index in [-0.39, 0.29) is 11.7 Å². The van der Waals surface area contributed by atoms with Crippen LogP contribution in [0.5, 0.6) is 0 Å². The summed E-state index contributed by atoms with van der Waals surface area (Å²) in [4.78, 5) is 12.5. The van der Waals surface area contributed by atoms with Crippen molar-refractivity contribution in [1.29, 1.82) is 0 Å². The Kier molecular flexibility index (Phi) is 3.67. The monoisotopic (exact) mass is 258 g/mol. The lowest BCUT2D eigenvalue weighted by atomic mass is 9.77. The van der Waals surface area contributed by atoms with E-state index in [4.69, 9.17) is 11.6 Å². The van der Waals surface area contributed by atoms with Gasteiger partial charge < -0.3 is 5.11 Å². The zero-order chi connectivity index (χ0) is 11.7. The molecular weight excluding hydrogens is 244 g/mol. The zero-order valence-electron chi connectivity index (χ0n) is 9.15. The lowest BCUT2D eigenvalue weighted by Gasteiger charge is -2.31. The average molecular weight is 259 g/mol. The summed E-state index contributed by atoms with van der Waals surface area (Å²) in [5, 5.41) is 9.93. The minimum atomic E-state index is -0.489. The molecular formula is C12H15ClO2S. The second kappa shape index (κ2) is 4.86. The molecule has 0 aliphatic heterocycles. The van der Waals surface area contributed by atoms with Gasteiger partial charge in [-0.15, -0.1) is 11.3 Å². The Balaban J connectivity index is 2.05. The summed E-state index contributed by atoms with van der Waals surface area (Å²) < 4.78 is 0.790. The van der Waals surface area contributed by atoms with Gasteiger partial charge in [0, 0.05) is 10.8 Å². The largest absolute Gasteiger partial charge is 0.392 e. The first-order chi connectivity index (χ1) is 7.58. The van der Waals surface area contributed by atoms with Crippen molar-refractivity contribution in [1.82, 2.24) is 0 Å². The van der Waals surface area contributed by atoms with E-state index in [1.165, 1.54) is 4.88 Å². The minimum absolute atomic E-state index is 0.107. The standard InChI is InChI=1S/C12H15ClO2S/c1-7(14)9-3-2-8(6-10(9)15)11-4-5-12(13)16-11/h4-5,8-10,15H,2-3,6H2,1H3. The van der Waals surface area contributed by atoms with Crippen LogP contribution in [0.4, 0.5) is 0 Å². The summed E-state index contributed by atoms with van der Waals surface area (Å²) in [6.07, 6.45) is 1.95. The highest BCUT2D eigenvalue weighted by Crippen LogP contribution is 2.39. The molecule has 0 radical (unpaired) electrons. The maximum atomic E-state index is 11.3. The van der Waals surface area contributed by atoms with E-state index in [1.54, 1.807) is 18.3 Å². The molecule has 0 aromatic carbocycles. The van der Waals surface area contributed by atoms with E-state index in [0.29, 0.717) is 12.3 Å². The molecule has 1 aromatic heterocycles. The van der Waals surface area contributed by atoms with Crippen molar-refractivity contribution >= 4 is 28.7 Å².